The van der Waals surface area contributed by atoms with Gasteiger partial charge in [-0.2, -0.15) is 0 Å². The number of carbonyl (C=O) groups is 3. The second-order valence-electron chi connectivity index (χ2n) is 8.15. The first kappa shape index (κ1) is 20.1. The van der Waals surface area contributed by atoms with Crippen molar-refractivity contribution in [2.24, 2.45) is 0 Å². The molecule has 2 aliphatic heterocycles. The number of likely N-dealkylation sites (tertiary alicyclic amines) is 1. The van der Waals surface area contributed by atoms with E-state index in [4.69, 9.17) is 0 Å². The summed E-state index contributed by atoms with van der Waals surface area (Å²) in [5, 5.41) is 0. The van der Waals surface area contributed by atoms with Crippen LogP contribution in [0, 0.1) is 5.82 Å². The number of rotatable bonds is 4. The third-order valence-corrected chi connectivity index (χ3v) is 6.16. The standard InChI is InChI=1S/C26H21FN2O3/c27-20-12-10-18(11-13-20)23-9-4-14-28(23)24(30)19-6-3-5-17(15-19)16-29-25(31)21-7-1-2-8-22(21)26(29)32/h1-3,5-8,10-13,15,23H,4,9,14,16H2. The van der Waals surface area contributed by atoms with E-state index in [-0.39, 0.29) is 36.1 Å². The molecule has 2 heterocycles. The van der Waals surface area contributed by atoms with Gasteiger partial charge >= 0.3 is 0 Å². The Kier molecular flexibility index (Phi) is 5.05. The smallest absolute Gasteiger partial charge is 0.261 e. The van der Waals surface area contributed by atoms with Gasteiger partial charge in [0.1, 0.15) is 5.82 Å². The van der Waals surface area contributed by atoms with Gasteiger partial charge in [-0.05, 0) is 60.4 Å². The third-order valence-electron chi connectivity index (χ3n) is 6.16. The minimum absolute atomic E-state index is 0.0945. The number of benzene rings is 3. The van der Waals surface area contributed by atoms with Crippen LogP contribution in [0.2, 0.25) is 0 Å². The average Bonchev–Trinajstić information content (AvgIpc) is 3.39. The van der Waals surface area contributed by atoms with Crippen LogP contribution in [0.25, 0.3) is 0 Å². The number of hydrogen-bond donors (Lipinski definition) is 0. The molecule has 0 saturated carbocycles. The molecule has 1 atom stereocenters. The first-order valence-electron chi connectivity index (χ1n) is 10.6. The van der Waals surface area contributed by atoms with E-state index in [9.17, 15) is 18.8 Å². The maximum absolute atomic E-state index is 13.3. The van der Waals surface area contributed by atoms with Gasteiger partial charge in [0.05, 0.1) is 23.7 Å². The van der Waals surface area contributed by atoms with E-state index in [1.165, 1.54) is 17.0 Å². The van der Waals surface area contributed by atoms with E-state index in [0.717, 1.165) is 18.4 Å². The molecule has 0 aliphatic carbocycles. The summed E-state index contributed by atoms with van der Waals surface area (Å²) in [6.07, 6.45) is 1.70. The number of nitrogens with zero attached hydrogens (tertiary/aromatic N) is 2. The minimum atomic E-state index is -0.321. The van der Waals surface area contributed by atoms with Crippen molar-refractivity contribution in [2.45, 2.75) is 25.4 Å². The van der Waals surface area contributed by atoms with Crippen LogP contribution in [0.1, 0.15) is 61.1 Å². The van der Waals surface area contributed by atoms with Crippen LogP contribution >= 0.6 is 0 Å². The summed E-state index contributed by atoms with van der Waals surface area (Å²) in [4.78, 5) is 41.7. The van der Waals surface area contributed by atoms with E-state index < -0.39 is 0 Å². The van der Waals surface area contributed by atoms with Crippen molar-refractivity contribution in [1.29, 1.82) is 0 Å². The predicted molar refractivity (Wildman–Crippen MR) is 116 cm³/mol. The normalized spacial score (nSPS) is 17.7. The second kappa shape index (κ2) is 8.04. The van der Waals surface area contributed by atoms with E-state index >= 15 is 0 Å². The first-order valence-corrected chi connectivity index (χ1v) is 10.6. The van der Waals surface area contributed by atoms with Crippen LogP contribution in [0.3, 0.4) is 0 Å². The average molecular weight is 428 g/mol. The molecule has 0 radical (unpaired) electrons. The summed E-state index contributed by atoms with van der Waals surface area (Å²) in [7, 11) is 0. The highest BCUT2D eigenvalue weighted by Crippen LogP contribution is 2.33. The van der Waals surface area contributed by atoms with Crippen LogP contribution in [-0.4, -0.2) is 34.1 Å². The molecule has 0 aromatic heterocycles. The van der Waals surface area contributed by atoms with E-state index in [0.29, 0.717) is 28.8 Å². The number of amides is 3. The Labute approximate surface area is 185 Å². The molecule has 5 rings (SSSR count). The maximum atomic E-state index is 13.3. The predicted octanol–water partition coefficient (Wildman–Crippen LogP) is 4.60. The molecule has 1 fully saturated rings. The lowest BCUT2D eigenvalue weighted by atomic mass is 10.0. The highest BCUT2D eigenvalue weighted by molar-refractivity contribution is 6.21. The Morgan fingerprint density at radius 1 is 0.906 bits per heavy atom. The highest BCUT2D eigenvalue weighted by Gasteiger charge is 2.35. The summed E-state index contributed by atoms with van der Waals surface area (Å²) < 4.78 is 13.3. The van der Waals surface area contributed by atoms with Gasteiger partial charge < -0.3 is 4.90 Å². The van der Waals surface area contributed by atoms with E-state index in [1.807, 2.05) is 11.0 Å². The van der Waals surface area contributed by atoms with Gasteiger partial charge in [0.15, 0.2) is 0 Å². The van der Waals surface area contributed by atoms with Gasteiger partial charge in [0, 0.05) is 12.1 Å². The van der Waals surface area contributed by atoms with Gasteiger partial charge in [-0.25, -0.2) is 4.39 Å². The van der Waals surface area contributed by atoms with Crippen LogP contribution in [0.4, 0.5) is 4.39 Å². The summed E-state index contributed by atoms with van der Waals surface area (Å²) in [6, 6.07) is 20.0. The van der Waals surface area contributed by atoms with E-state index in [1.54, 1.807) is 54.6 Å². The summed E-state index contributed by atoms with van der Waals surface area (Å²) >= 11 is 0. The minimum Gasteiger partial charge on any atom is -0.332 e. The Balaban J connectivity index is 1.36. The fourth-order valence-corrected chi connectivity index (χ4v) is 4.58. The van der Waals surface area contributed by atoms with E-state index in [2.05, 4.69) is 0 Å². The van der Waals surface area contributed by atoms with Gasteiger partial charge in [-0.3, -0.25) is 19.3 Å². The molecule has 160 valence electrons. The quantitative estimate of drug-likeness (QED) is 0.571. The Bertz CT molecular complexity index is 1190. The molecule has 5 nitrogen and oxygen atoms in total. The Morgan fingerprint density at radius 2 is 1.59 bits per heavy atom. The maximum Gasteiger partial charge on any atom is 0.261 e. The Morgan fingerprint density at radius 3 is 2.28 bits per heavy atom. The molecule has 3 aromatic carbocycles. The number of imide groups is 1. The molecule has 3 aromatic rings. The van der Waals surface area contributed by atoms with Crippen molar-refractivity contribution in [3.05, 3.63) is 106 Å². The third kappa shape index (κ3) is 3.47. The molecular formula is C26H21FN2O3. The van der Waals surface area contributed by atoms with Crippen LogP contribution in [0.5, 0.6) is 0 Å². The van der Waals surface area contributed by atoms with Crippen molar-refractivity contribution < 1.29 is 18.8 Å². The lowest BCUT2D eigenvalue weighted by Gasteiger charge is -2.25. The molecule has 1 unspecified atom stereocenters. The first-order chi connectivity index (χ1) is 15.5. The van der Waals surface area contributed by atoms with Crippen molar-refractivity contribution in [2.75, 3.05) is 6.54 Å². The van der Waals surface area contributed by atoms with Gasteiger partial charge in [-0.15, -0.1) is 0 Å². The van der Waals surface area contributed by atoms with Crippen molar-refractivity contribution >= 4 is 17.7 Å². The molecule has 3 amide bonds. The molecule has 32 heavy (non-hydrogen) atoms. The van der Waals surface area contributed by atoms with Crippen LogP contribution in [-0.2, 0) is 6.54 Å². The topological polar surface area (TPSA) is 57.7 Å². The van der Waals surface area contributed by atoms with Crippen molar-refractivity contribution in [1.82, 2.24) is 9.80 Å². The van der Waals surface area contributed by atoms with Crippen LogP contribution < -0.4 is 0 Å². The SMILES string of the molecule is O=C1c2ccccc2C(=O)N1Cc1cccc(C(=O)N2CCCC2c2ccc(F)cc2)c1. The largest absolute Gasteiger partial charge is 0.332 e. The highest BCUT2D eigenvalue weighted by atomic mass is 19.1. The molecule has 0 bridgehead atoms. The number of carbonyl (C=O) groups excluding carboxylic acids is 3. The lowest BCUT2D eigenvalue weighted by Crippen LogP contribution is -2.31. The van der Waals surface area contributed by atoms with Crippen LogP contribution in [0.15, 0.2) is 72.8 Å². The van der Waals surface area contributed by atoms with Crippen molar-refractivity contribution in [3.8, 4) is 0 Å². The zero-order valence-electron chi connectivity index (χ0n) is 17.3. The van der Waals surface area contributed by atoms with Gasteiger partial charge in [0.25, 0.3) is 17.7 Å². The van der Waals surface area contributed by atoms with Gasteiger partial charge in [0.2, 0.25) is 0 Å². The summed E-state index contributed by atoms with van der Waals surface area (Å²) in [5.41, 5.74) is 2.95. The fraction of sp³-hybridized carbons (Fsp3) is 0.192. The number of hydrogen-bond acceptors (Lipinski definition) is 3. The molecule has 6 heteroatoms. The second-order valence-corrected chi connectivity index (χ2v) is 8.15. The number of fused-ring (bicyclic) bond motifs is 1. The summed E-state index contributed by atoms with van der Waals surface area (Å²) in [6.45, 7) is 0.734. The molecular weight excluding hydrogens is 407 g/mol. The zero-order valence-corrected chi connectivity index (χ0v) is 17.3. The van der Waals surface area contributed by atoms with Crippen molar-refractivity contribution in [3.63, 3.8) is 0 Å². The fourth-order valence-electron chi connectivity index (χ4n) is 4.58. The zero-order chi connectivity index (χ0) is 22.2. The number of halogens is 1. The molecule has 0 N–H and O–H groups in total. The summed E-state index contributed by atoms with van der Waals surface area (Å²) in [5.74, 6) is -1.05. The molecule has 2 aliphatic rings. The monoisotopic (exact) mass is 428 g/mol. The molecule has 1 saturated heterocycles. The Hall–Kier alpha value is -3.80. The lowest BCUT2D eigenvalue weighted by molar-refractivity contribution is 0.0642. The molecule has 0 spiro atoms. The van der Waals surface area contributed by atoms with Gasteiger partial charge in [-0.1, -0.05) is 36.4 Å².